The van der Waals surface area contributed by atoms with E-state index < -0.39 is 0 Å². The van der Waals surface area contributed by atoms with Crippen molar-refractivity contribution in [2.24, 2.45) is 5.41 Å². The first-order valence-corrected chi connectivity index (χ1v) is 7.94. The first kappa shape index (κ1) is 15.6. The maximum absolute atomic E-state index is 12.2. The third-order valence-electron chi connectivity index (χ3n) is 4.31. The Morgan fingerprint density at radius 3 is 2.96 bits per heavy atom. The number of carbonyl (C=O) groups excluding carboxylic acids is 1. The molecular formula is C16H22N6O. The smallest absolute Gasteiger partial charge is 0.273 e. The highest BCUT2D eigenvalue weighted by Crippen LogP contribution is 2.26. The molecule has 3 rings (SSSR count). The Hall–Kier alpha value is -2.28. The summed E-state index contributed by atoms with van der Waals surface area (Å²) in [5, 5.41) is 14.3. The van der Waals surface area contributed by atoms with Gasteiger partial charge in [0.1, 0.15) is 0 Å². The third kappa shape index (κ3) is 4.13. The molecule has 3 heterocycles. The number of nitrogens with zero attached hydrogens (tertiary/aromatic N) is 4. The van der Waals surface area contributed by atoms with Crippen LogP contribution >= 0.6 is 0 Å². The normalized spacial score (nSPS) is 16.9. The molecule has 1 aliphatic heterocycles. The van der Waals surface area contributed by atoms with Crippen molar-refractivity contribution in [3.05, 3.63) is 42.0 Å². The van der Waals surface area contributed by atoms with E-state index in [2.05, 4.69) is 32.9 Å². The van der Waals surface area contributed by atoms with Gasteiger partial charge in [0.25, 0.3) is 5.91 Å². The third-order valence-corrected chi connectivity index (χ3v) is 4.31. The molecule has 2 aromatic rings. The van der Waals surface area contributed by atoms with Crippen LogP contribution in [0.1, 0.15) is 35.9 Å². The van der Waals surface area contributed by atoms with Crippen LogP contribution in [0.2, 0.25) is 0 Å². The van der Waals surface area contributed by atoms with Gasteiger partial charge in [-0.3, -0.25) is 9.78 Å². The van der Waals surface area contributed by atoms with Crippen LogP contribution in [-0.4, -0.2) is 45.5 Å². The first-order valence-electron chi connectivity index (χ1n) is 7.94. The largest absolute Gasteiger partial charge is 0.350 e. The number of hydrogen-bond acceptors (Lipinski definition) is 5. The second-order valence-corrected chi connectivity index (χ2v) is 6.37. The molecule has 1 aliphatic rings. The van der Waals surface area contributed by atoms with Crippen LogP contribution in [0.25, 0.3) is 0 Å². The lowest BCUT2D eigenvalue weighted by atomic mass is 9.81. The number of hydrogen-bond donors (Lipinski definition) is 2. The quantitative estimate of drug-likeness (QED) is 0.854. The van der Waals surface area contributed by atoms with Crippen molar-refractivity contribution in [3.8, 4) is 0 Å². The van der Waals surface area contributed by atoms with Gasteiger partial charge in [-0.1, -0.05) is 18.2 Å². The topological polar surface area (TPSA) is 84.7 Å². The molecule has 7 nitrogen and oxygen atoms in total. The highest BCUT2D eigenvalue weighted by atomic mass is 16.2. The minimum absolute atomic E-state index is 0.158. The molecule has 23 heavy (non-hydrogen) atoms. The predicted molar refractivity (Wildman–Crippen MR) is 85.9 cm³/mol. The summed E-state index contributed by atoms with van der Waals surface area (Å²) in [6.07, 6.45) is 5.54. The molecule has 0 atom stereocenters. The summed E-state index contributed by atoms with van der Waals surface area (Å²) in [7, 11) is 0. The Labute approximate surface area is 135 Å². The summed E-state index contributed by atoms with van der Waals surface area (Å²) in [6.45, 7) is 5.40. The Morgan fingerprint density at radius 2 is 2.22 bits per heavy atom. The summed E-state index contributed by atoms with van der Waals surface area (Å²) in [5.41, 5.74) is 1.38. The standard InChI is InChI=1S/C16H22N6O/c1-16(5-8-17-9-6-16)12-19-15(23)14-11-22(21-20-14)10-13-4-2-3-7-18-13/h2-4,7,11,17H,5-6,8-10,12H2,1H3,(H,19,23). The molecule has 122 valence electrons. The summed E-state index contributed by atoms with van der Waals surface area (Å²) in [4.78, 5) is 16.5. The maximum Gasteiger partial charge on any atom is 0.273 e. The fourth-order valence-corrected chi connectivity index (χ4v) is 2.73. The van der Waals surface area contributed by atoms with E-state index in [1.54, 1.807) is 17.1 Å². The van der Waals surface area contributed by atoms with Gasteiger partial charge in [-0.05, 0) is 43.5 Å². The molecule has 0 aromatic carbocycles. The van der Waals surface area contributed by atoms with Gasteiger partial charge in [0, 0.05) is 12.7 Å². The van der Waals surface area contributed by atoms with E-state index in [9.17, 15) is 4.79 Å². The summed E-state index contributed by atoms with van der Waals surface area (Å²) >= 11 is 0. The summed E-state index contributed by atoms with van der Waals surface area (Å²) < 4.78 is 1.63. The summed E-state index contributed by atoms with van der Waals surface area (Å²) in [6, 6.07) is 5.71. The van der Waals surface area contributed by atoms with Gasteiger partial charge in [-0.15, -0.1) is 5.10 Å². The number of rotatable bonds is 5. The molecule has 7 heteroatoms. The highest BCUT2D eigenvalue weighted by Gasteiger charge is 2.27. The number of piperidine rings is 1. The van der Waals surface area contributed by atoms with Crippen molar-refractivity contribution >= 4 is 5.91 Å². The second-order valence-electron chi connectivity index (χ2n) is 6.37. The van der Waals surface area contributed by atoms with Gasteiger partial charge < -0.3 is 10.6 Å². The number of pyridine rings is 1. The zero-order valence-corrected chi connectivity index (χ0v) is 13.3. The lowest BCUT2D eigenvalue weighted by molar-refractivity contribution is 0.0917. The molecule has 0 spiro atoms. The molecule has 0 unspecified atom stereocenters. The molecule has 0 bridgehead atoms. The Balaban J connectivity index is 1.56. The number of aromatic nitrogens is 4. The van der Waals surface area contributed by atoms with Gasteiger partial charge in [0.2, 0.25) is 0 Å². The van der Waals surface area contributed by atoms with Crippen molar-refractivity contribution in [3.63, 3.8) is 0 Å². The first-order chi connectivity index (χ1) is 11.1. The molecule has 1 saturated heterocycles. The second kappa shape index (κ2) is 6.87. The van der Waals surface area contributed by atoms with Crippen molar-refractivity contribution < 1.29 is 4.79 Å². The molecule has 0 radical (unpaired) electrons. The van der Waals surface area contributed by atoms with E-state index in [0.717, 1.165) is 31.6 Å². The SMILES string of the molecule is CC1(CNC(=O)c2cn(Cc3ccccn3)nn2)CCNCC1. The minimum Gasteiger partial charge on any atom is -0.350 e. The number of carbonyl (C=O) groups is 1. The molecular weight excluding hydrogens is 292 g/mol. The predicted octanol–water partition coefficient (Wildman–Crippen LogP) is 0.841. The van der Waals surface area contributed by atoms with Crippen LogP contribution in [0.15, 0.2) is 30.6 Å². The molecule has 1 amide bonds. The average Bonchev–Trinajstić information content (AvgIpc) is 3.03. The van der Waals surface area contributed by atoms with Crippen molar-refractivity contribution in [2.45, 2.75) is 26.3 Å². The van der Waals surface area contributed by atoms with Gasteiger partial charge in [0.05, 0.1) is 18.4 Å². The van der Waals surface area contributed by atoms with E-state index >= 15 is 0 Å². The lowest BCUT2D eigenvalue weighted by Crippen LogP contribution is -2.43. The fraction of sp³-hybridized carbons (Fsp3) is 0.500. The van der Waals surface area contributed by atoms with Crippen LogP contribution in [0, 0.1) is 5.41 Å². The minimum atomic E-state index is -0.169. The Morgan fingerprint density at radius 1 is 1.39 bits per heavy atom. The van der Waals surface area contributed by atoms with Crippen LogP contribution in [0.3, 0.4) is 0 Å². The molecule has 0 aliphatic carbocycles. The maximum atomic E-state index is 12.2. The van der Waals surface area contributed by atoms with Gasteiger partial charge in [-0.2, -0.15) is 0 Å². The molecule has 1 fully saturated rings. The lowest BCUT2D eigenvalue weighted by Gasteiger charge is -2.33. The van der Waals surface area contributed by atoms with Crippen molar-refractivity contribution in [1.82, 2.24) is 30.6 Å². The number of nitrogens with one attached hydrogen (secondary N) is 2. The molecule has 2 N–H and O–H groups in total. The molecule has 0 saturated carbocycles. The van der Waals surface area contributed by atoms with Gasteiger partial charge in [-0.25, -0.2) is 4.68 Å². The fourth-order valence-electron chi connectivity index (χ4n) is 2.73. The van der Waals surface area contributed by atoms with Crippen LogP contribution in [-0.2, 0) is 6.54 Å². The molecule has 2 aromatic heterocycles. The average molecular weight is 314 g/mol. The zero-order valence-electron chi connectivity index (χ0n) is 13.3. The van der Waals surface area contributed by atoms with Crippen LogP contribution < -0.4 is 10.6 Å². The zero-order chi connectivity index (χ0) is 16.1. The highest BCUT2D eigenvalue weighted by molar-refractivity contribution is 5.91. The van der Waals surface area contributed by atoms with E-state index in [-0.39, 0.29) is 11.3 Å². The Kier molecular flexibility index (Phi) is 4.66. The van der Waals surface area contributed by atoms with E-state index in [1.807, 2.05) is 18.2 Å². The van der Waals surface area contributed by atoms with Crippen LogP contribution in [0.4, 0.5) is 0 Å². The summed E-state index contributed by atoms with van der Waals surface area (Å²) in [5.74, 6) is -0.169. The van der Waals surface area contributed by atoms with Crippen molar-refractivity contribution in [1.29, 1.82) is 0 Å². The van der Waals surface area contributed by atoms with Crippen LogP contribution in [0.5, 0.6) is 0 Å². The number of amides is 1. The van der Waals surface area contributed by atoms with E-state index in [0.29, 0.717) is 18.8 Å². The van der Waals surface area contributed by atoms with Crippen molar-refractivity contribution in [2.75, 3.05) is 19.6 Å². The van der Waals surface area contributed by atoms with E-state index in [1.165, 1.54) is 0 Å². The monoisotopic (exact) mass is 314 g/mol. The Bertz CT molecular complexity index is 648. The van der Waals surface area contributed by atoms with Gasteiger partial charge >= 0.3 is 0 Å². The van der Waals surface area contributed by atoms with E-state index in [4.69, 9.17) is 0 Å². The van der Waals surface area contributed by atoms with Gasteiger partial charge in [0.15, 0.2) is 5.69 Å².